The van der Waals surface area contributed by atoms with E-state index >= 15 is 0 Å². The molecule has 1 heterocycles. The molecule has 1 aromatic heterocycles. The second-order valence-electron chi connectivity index (χ2n) is 3.85. The first-order chi connectivity index (χ1) is 9.11. The lowest BCUT2D eigenvalue weighted by Crippen LogP contribution is -2.01. The summed E-state index contributed by atoms with van der Waals surface area (Å²) in [6, 6.07) is 9.80. The number of aromatic nitrogens is 1. The van der Waals surface area contributed by atoms with E-state index in [4.69, 9.17) is 15.1 Å². The third-order valence-corrected chi connectivity index (χ3v) is 2.51. The number of carboxylic acid groups (broad SMARTS) is 1. The molecule has 1 aromatic carbocycles. The Morgan fingerprint density at radius 2 is 2.21 bits per heavy atom. The first-order valence-corrected chi connectivity index (χ1v) is 5.48. The molecule has 2 rings (SSSR count). The van der Waals surface area contributed by atoms with Gasteiger partial charge in [0.15, 0.2) is 0 Å². The second-order valence-corrected chi connectivity index (χ2v) is 3.85. The predicted molar refractivity (Wildman–Crippen MR) is 67.2 cm³/mol. The van der Waals surface area contributed by atoms with Gasteiger partial charge in [0.1, 0.15) is 28.8 Å². The molecule has 0 radical (unpaired) electrons. The average molecular weight is 254 g/mol. The van der Waals surface area contributed by atoms with Gasteiger partial charge in [-0.2, -0.15) is 5.26 Å². The zero-order valence-electron chi connectivity index (χ0n) is 10.1. The molecule has 0 amide bonds. The molecule has 0 aliphatic rings. The minimum absolute atomic E-state index is 0.0790. The second kappa shape index (κ2) is 5.19. The van der Waals surface area contributed by atoms with Gasteiger partial charge in [-0.15, -0.1) is 0 Å². The molecule has 0 saturated heterocycles. The molecule has 0 unspecified atom stereocenters. The Morgan fingerprint density at radius 1 is 1.42 bits per heavy atom. The Bertz CT molecular complexity index is 675. The van der Waals surface area contributed by atoms with Gasteiger partial charge in [0, 0.05) is 12.3 Å². The van der Waals surface area contributed by atoms with Crippen molar-refractivity contribution in [3.8, 4) is 17.6 Å². The van der Waals surface area contributed by atoms with E-state index in [0.717, 1.165) is 0 Å². The molecule has 94 valence electrons. The summed E-state index contributed by atoms with van der Waals surface area (Å²) in [4.78, 5) is 15.0. The SMILES string of the molecule is Cc1cccc(C(=O)O)c1Oc1ccnc(C#N)c1. The number of rotatable bonds is 3. The zero-order chi connectivity index (χ0) is 13.8. The van der Waals surface area contributed by atoms with E-state index in [1.165, 1.54) is 18.3 Å². The molecule has 2 aromatic rings. The molecule has 0 atom stereocenters. The number of nitrogens with zero attached hydrogens (tertiary/aromatic N) is 2. The quantitative estimate of drug-likeness (QED) is 0.910. The van der Waals surface area contributed by atoms with Crippen LogP contribution in [0.25, 0.3) is 0 Å². The van der Waals surface area contributed by atoms with Crippen molar-refractivity contribution in [1.29, 1.82) is 5.26 Å². The lowest BCUT2D eigenvalue weighted by atomic mass is 10.1. The number of carbonyl (C=O) groups is 1. The number of para-hydroxylation sites is 1. The zero-order valence-corrected chi connectivity index (χ0v) is 10.1. The molecule has 0 bridgehead atoms. The van der Waals surface area contributed by atoms with Gasteiger partial charge in [-0.05, 0) is 24.6 Å². The van der Waals surface area contributed by atoms with E-state index in [0.29, 0.717) is 11.3 Å². The molecule has 0 aliphatic carbocycles. The molecular formula is C14H10N2O3. The first-order valence-electron chi connectivity index (χ1n) is 5.48. The molecule has 1 N–H and O–H groups in total. The Morgan fingerprint density at radius 3 is 2.89 bits per heavy atom. The van der Waals surface area contributed by atoms with Crippen molar-refractivity contribution in [2.75, 3.05) is 0 Å². The number of aryl methyl sites for hydroxylation is 1. The molecule has 0 spiro atoms. The van der Waals surface area contributed by atoms with E-state index in [2.05, 4.69) is 4.98 Å². The highest BCUT2D eigenvalue weighted by atomic mass is 16.5. The molecular weight excluding hydrogens is 244 g/mol. The number of hydrogen-bond acceptors (Lipinski definition) is 4. The van der Waals surface area contributed by atoms with Crippen molar-refractivity contribution in [3.63, 3.8) is 0 Å². The standard InChI is InChI=1S/C14H10N2O3/c1-9-3-2-4-12(14(17)18)13(9)19-11-5-6-16-10(7-11)8-15/h2-7H,1H3,(H,17,18). The third kappa shape index (κ3) is 2.69. The van der Waals surface area contributed by atoms with Crippen LogP contribution in [0.15, 0.2) is 36.5 Å². The highest BCUT2D eigenvalue weighted by Gasteiger charge is 2.14. The maximum Gasteiger partial charge on any atom is 0.339 e. The van der Waals surface area contributed by atoms with Gasteiger partial charge in [0.05, 0.1) is 0 Å². The average Bonchev–Trinajstić information content (AvgIpc) is 2.41. The summed E-state index contributed by atoms with van der Waals surface area (Å²) in [6.07, 6.45) is 1.44. The Balaban J connectivity index is 2.43. The van der Waals surface area contributed by atoms with E-state index in [9.17, 15) is 4.79 Å². The fourth-order valence-electron chi connectivity index (χ4n) is 1.61. The summed E-state index contributed by atoms with van der Waals surface area (Å²) in [5.41, 5.74) is 0.994. The van der Waals surface area contributed by atoms with Crippen LogP contribution in [-0.2, 0) is 0 Å². The molecule has 19 heavy (non-hydrogen) atoms. The van der Waals surface area contributed by atoms with Crippen molar-refractivity contribution in [2.45, 2.75) is 6.92 Å². The third-order valence-electron chi connectivity index (χ3n) is 2.51. The summed E-state index contributed by atoms with van der Waals surface area (Å²) in [5.74, 6) is -0.415. The molecule has 0 saturated carbocycles. The van der Waals surface area contributed by atoms with Crippen molar-refractivity contribution in [3.05, 3.63) is 53.3 Å². The highest BCUT2D eigenvalue weighted by molar-refractivity contribution is 5.91. The van der Waals surface area contributed by atoms with Crippen molar-refractivity contribution >= 4 is 5.97 Å². The first kappa shape index (κ1) is 12.6. The minimum Gasteiger partial charge on any atom is -0.478 e. The fraction of sp³-hybridized carbons (Fsp3) is 0.0714. The highest BCUT2D eigenvalue weighted by Crippen LogP contribution is 2.29. The van der Waals surface area contributed by atoms with E-state index in [-0.39, 0.29) is 17.0 Å². The predicted octanol–water partition coefficient (Wildman–Crippen LogP) is 2.75. The van der Waals surface area contributed by atoms with Crippen LogP contribution in [0.3, 0.4) is 0 Å². The lowest BCUT2D eigenvalue weighted by molar-refractivity contribution is 0.0694. The number of nitriles is 1. The Hall–Kier alpha value is -2.87. The normalized spacial score (nSPS) is 9.68. The van der Waals surface area contributed by atoms with E-state index in [1.807, 2.05) is 6.07 Å². The Labute approximate surface area is 109 Å². The number of aromatic carboxylic acids is 1. The van der Waals surface area contributed by atoms with Crippen LogP contribution < -0.4 is 4.74 Å². The fourth-order valence-corrected chi connectivity index (χ4v) is 1.61. The van der Waals surface area contributed by atoms with Gasteiger partial charge in [-0.3, -0.25) is 0 Å². The monoisotopic (exact) mass is 254 g/mol. The summed E-state index contributed by atoms with van der Waals surface area (Å²) in [7, 11) is 0. The van der Waals surface area contributed by atoms with Crippen LogP contribution in [0, 0.1) is 18.3 Å². The summed E-state index contributed by atoms with van der Waals surface area (Å²) < 4.78 is 5.57. The van der Waals surface area contributed by atoms with Crippen LogP contribution in [0.5, 0.6) is 11.5 Å². The number of benzene rings is 1. The van der Waals surface area contributed by atoms with Crippen molar-refractivity contribution in [2.24, 2.45) is 0 Å². The lowest BCUT2D eigenvalue weighted by Gasteiger charge is -2.11. The van der Waals surface area contributed by atoms with Crippen LogP contribution in [0.1, 0.15) is 21.6 Å². The summed E-state index contributed by atoms with van der Waals surface area (Å²) in [5, 5.41) is 17.9. The maximum atomic E-state index is 11.1. The van der Waals surface area contributed by atoms with Crippen LogP contribution >= 0.6 is 0 Å². The van der Waals surface area contributed by atoms with Gasteiger partial charge in [0.2, 0.25) is 0 Å². The van der Waals surface area contributed by atoms with Gasteiger partial charge in [-0.1, -0.05) is 12.1 Å². The van der Waals surface area contributed by atoms with Crippen LogP contribution in [0.2, 0.25) is 0 Å². The molecule has 5 nitrogen and oxygen atoms in total. The van der Waals surface area contributed by atoms with Crippen molar-refractivity contribution in [1.82, 2.24) is 4.98 Å². The minimum atomic E-state index is -1.06. The Kier molecular flexibility index (Phi) is 3.44. The smallest absolute Gasteiger partial charge is 0.339 e. The largest absolute Gasteiger partial charge is 0.478 e. The maximum absolute atomic E-state index is 11.1. The van der Waals surface area contributed by atoms with Crippen LogP contribution in [-0.4, -0.2) is 16.1 Å². The summed E-state index contributed by atoms with van der Waals surface area (Å²) >= 11 is 0. The van der Waals surface area contributed by atoms with Gasteiger partial charge < -0.3 is 9.84 Å². The number of ether oxygens (including phenoxy) is 1. The van der Waals surface area contributed by atoms with Crippen molar-refractivity contribution < 1.29 is 14.6 Å². The van der Waals surface area contributed by atoms with Gasteiger partial charge in [-0.25, -0.2) is 9.78 Å². The molecule has 0 aliphatic heterocycles. The summed E-state index contributed by atoms with van der Waals surface area (Å²) in [6.45, 7) is 1.76. The molecule has 0 fully saturated rings. The number of pyridine rings is 1. The topological polar surface area (TPSA) is 83.2 Å². The van der Waals surface area contributed by atoms with Gasteiger partial charge >= 0.3 is 5.97 Å². The number of hydrogen-bond donors (Lipinski definition) is 1. The molecule has 5 heteroatoms. The van der Waals surface area contributed by atoms with E-state index < -0.39 is 5.97 Å². The van der Waals surface area contributed by atoms with E-state index in [1.54, 1.807) is 25.1 Å². The van der Waals surface area contributed by atoms with Gasteiger partial charge in [0.25, 0.3) is 0 Å². The number of carboxylic acids is 1. The van der Waals surface area contributed by atoms with Crippen LogP contribution in [0.4, 0.5) is 0 Å².